The van der Waals surface area contributed by atoms with Crippen LogP contribution in [-0.2, 0) is 6.42 Å². The Morgan fingerprint density at radius 3 is 2.90 bits per heavy atom. The van der Waals surface area contributed by atoms with E-state index in [1.54, 1.807) is 12.3 Å². The smallest absolute Gasteiger partial charge is 0.136 e. The van der Waals surface area contributed by atoms with Crippen LogP contribution in [0.2, 0.25) is 0 Å². The minimum Gasteiger partial charge on any atom is -0.384 e. The topological polar surface area (TPSA) is 76.7 Å². The summed E-state index contributed by atoms with van der Waals surface area (Å²) in [5, 5.41) is 4.33. The molecule has 0 unspecified atom stereocenters. The lowest BCUT2D eigenvalue weighted by molar-refractivity contribution is 0.948. The van der Waals surface area contributed by atoms with Crippen LogP contribution in [0.15, 0.2) is 42.6 Å². The van der Waals surface area contributed by atoms with Crippen LogP contribution in [0.1, 0.15) is 12.7 Å². The summed E-state index contributed by atoms with van der Waals surface area (Å²) in [5.74, 6) is 1.91. The normalized spacial score (nSPS) is 10.7. The van der Waals surface area contributed by atoms with Crippen molar-refractivity contribution in [1.29, 1.82) is 0 Å². The number of hydrogen-bond acceptors (Lipinski definition) is 5. The number of fused-ring (bicyclic) bond motifs is 1. The molecular formula is C15H15N5. The van der Waals surface area contributed by atoms with Crippen molar-refractivity contribution in [2.45, 2.75) is 13.3 Å². The number of aromatic nitrogens is 3. The van der Waals surface area contributed by atoms with Gasteiger partial charge in [-0.25, -0.2) is 9.97 Å². The Hall–Kier alpha value is -2.69. The summed E-state index contributed by atoms with van der Waals surface area (Å²) in [7, 11) is 0. The zero-order valence-corrected chi connectivity index (χ0v) is 11.2. The predicted octanol–water partition coefficient (Wildman–Crippen LogP) is 2.91. The van der Waals surface area contributed by atoms with Gasteiger partial charge in [-0.05, 0) is 24.3 Å². The Balaban J connectivity index is 1.94. The molecule has 0 saturated carbocycles. The summed E-state index contributed by atoms with van der Waals surface area (Å²) in [5.41, 5.74) is 7.69. The molecule has 0 bridgehead atoms. The monoisotopic (exact) mass is 265 g/mol. The number of rotatable bonds is 3. The molecule has 0 amide bonds. The number of nitrogen functional groups attached to an aromatic ring is 1. The molecule has 0 aliphatic rings. The summed E-state index contributed by atoms with van der Waals surface area (Å²) < 4.78 is 0. The highest BCUT2D eigenvalue weighted by molar-refractivity contribution is 5.83. The standard InChI is InChI=1S/C15H15N5/c1-2-14-19-13(16)9-15(20-14)18-11-5-6-12-10(8-11)4-3-7-17-12/h3-9H,2H2,1H3,(H3,16,18,19,20). The highest BCUT2D eigenvalue weighted by Crippen LogP contribution is 2.21. The summed E-state index contributed by atoms with van der Waals surface area (Å²) >= 11 is 0. The van der Waals surface area contributed by atoms with Gasteiger partial charge in [-0.2, -0.15) is 0 Å². The number of anilines is 3. The molecule has 0 aliphatic carbocycles. The summed E-state index contributed by atoms with van der Waals surface area (Å²) in [6.45, 7) is 2.00. The Kier molecular flexibility index (Phi) is 3.16. The molecule has 0 saturated heterocycles. The van der Waals surface area contributed by atoms with Gasteiger partial charge in [0.25, 0.3) is 0 Å². The van der Waals surface area contributed by atoms with Gasteiger partial charge in [-0.1, -0.05) is 13.0 Å². The molecule has 3 aromatic rings. The summed E-state index contributed by atoms with van der Waals surface area (Å²) in [6.07, 6.45) is 2.54. The van der Waals surface area contributed by atoms with Crippen molar-refractivity contribution >= 4 is 28.2 Å². The average Bonchev–Trinajstić information content (AvgIpc) is 2.46. The molecule has 0 atom stereocenters. The third-order valence-corrected chi connectivity index (χ3v) is 2.98. The molecule has 0 spiro atoms. The van der Waals surface area contributed by atoms with Crippen molar-refractivity contribution in [2.75, 3.05) is 11.1 Å². The van der Waals surface area contributed by atoms with Crippen molar-refractivity contribution < 1.29 is 0 Å². The third kappa shape index (κ3) is 2.51. The van der Waals surface area contributed by atoms with Crippen LogP contribution in [-0.4, -0.2) is 15.0 Å². The molecule has 2 heterocycles. The van der Waals surface area contributed by atoms with Crippen LogP contribution in [0, 0.1) is 0 Å². The molecule has 3 rings (SSSR count). The lowest BCUT2D eigenvalue weighted by Crippen LogP contribution is -2.02. The van der Waals surface area contributed by atoms with Crippen molar-refractivity contribution in [2.24, 2.45) is 0 Å². The van der Waals surface area contributed by atoms with Crippen LogP contribution in [0.5, 0.6) is 0 Å². The third-order valence-electron chi connectivity index (χ3n) is 2.98. The van der Waals surface area contributed by atoms with E-state index < -0.39 is 0 Å². The van der Waals surface area contributed by atoms with Crippen LogP contribution < -0.4 is 11.1 Å². The van der Waals surface area contributed by atoms with E-state index in [4.69, 9.17) is 5.73 Å². The maximum Gasteiger partial charge on any atom is 0.136 e. The lowest BCUT2D eigenvalue weighted by Gasteiger charge is -2.08. The molecule has 0 radical (unpaired) electrons. The number of nitrogens with one attached hydrogen (secondary N) is 1. The van der Waals surface area contributed by atoms with E-state index in [1.807, 2.05) is 37.3 Å². The SMILES string of the molecule is CCc1nc(N)cc(Nc2ccc3ncccc3c2)n1. The quantitative estimate of drug-likeness (QED) is 0.761. The van der Waals surface area contributed by atoms with Gasteiger partial charge in [0.1, 0.15) is 17.5 Å². The van der Waals surface area contributed by atoms with Crippen molar-refractivity contribution in [3.8, 4) is 0 Å². The van der Waals surface area contributed by atoms with Crippen LogP contribution in [0.3, 0.4) is 0 Å². The first-order valence-electron chi connectivity index (χ1n) is 6.50. The second-order valence-corrected chi connectivity index (χ2v) is 4.48. The number of aryl methyl sites for hydroxylation is 1. The largest absolute Gasteiger partial charge is 0.384 e. The van der Waals surface area contributed by atoms with Gasteiger partial charge >= 0.3 is 0 Å². The molecule has 3 N–H and O–H groups in total. The predicted molar refractivity (Wildman–Crippen MR) is 80.8 cm³/mol. The van der Waals surface area contributed by atoms with Gasteiger partial charge in [0.2, 0.25) is 0 Å². The maximum absolute atomic E-state index is 5.78. The zero-order chi connectivity index (χ0) is 13.9. The highest BCUT2D eigenvalue weighted by atomic mass is 15.0. The van der Waals surface area contributed by atoms with E-state index in [2.05, 4.69) is 20.3 Å². The fraction of sp³-hybridized carbons (Fsp3) is 0.133. The molecule has 100 valence electrons. The number of nitrogens with zero attached hydrogens (tertiary/aromatic N) is 3. The fourth-order valence-corrected chi connectivity index (χ4v) is 2.04. The first-order valence-corrected chi connectivity index (χ1v) is 6.50. The van der Waals surface area contributed by atoms with Crippen LogP contribution >= 0.6 is 0 Å². The maximum atomic E-state index is 5.78. The van der Waals surface area contributed by atoms with E-state index in [1.165, 1.54) is 0 Å². The Morgan fingerprint density at radius 2 is 2.05 bits per heavy atom. The Morgan fingerprint density at radius 1 is 1.15 bits per heavy atom. The van der Waals surface area contributed by atoms with Gasteiger partial charge in [-0.3, -0.25) is 4.98 Å². The van der Waals surface area contributed by atoms with Gasteiger partial charge in [0.15, 0.2) is 0 Å². The molecule has 0 fully saturated rings. The van der Waals surface area contributed by atoms with Crippen LogP contribution in [0.4, 0.5) is 17.3 Å². The number of benzene rings is 1. The molecule has 2 aromatic heterocycles. The summed E-state index contributed by atoms with van der Waals surface area (Å²) in [6, 6.07) is 11.7. The molecule has 5 heteroatoms. The highest BCUT2D eigenvalue weighted by Gasteiger charge is 2.03. The lowest BCUT2D eigenvalue weighted by atomic mass is 10.2. The molecule has 0 aliphatic heterocycles. The minimum atomic E-state index is 0.474. The molecule has 5 nitrogen and oxygen atoms in total. The fourth-order valence-electron chi connectivity index (χ4n) is 2.04. The van der Waals surface area contributed by atoms with E-state index >= 15 is 0 Å². The molecular weight excluding hydrogens is 250 g/mol. The molecule has 20 heavy (non-hydrogen) atoms. The van der Waals surface area contributed by atoms with Crippen molar-refractivity contribution in [1.82, 2.24) is 15.0 Å². The number of pyridine rings is 1. The van der Waals surface area contributed by atoms with Gasteiger partial charge in [-0.15, -0.1) is 0 Å². The van der Waals surface area contributed by atoms with Gasteiger partial charge in [0, 0.05) is 29.8 Å². The zero-order valence-electron chi connectivity index (χ0n) is 11.2. The second kappa shape index (κ2) is 5.13. The Labute approximate surface area is 116 Å². The molecule has 1 aromatic carbocycles. The van der Waals surface area contributed by atoms with Crippen molar-refractivity contribution in [3.63, 3.8) is 0 Å². The minimum absolute atomic E-state index is 0.474. The summed E-state index contributed by atoms with van der Waals surface area (Å²) in [4.78, 5) is 12.9. The van der Waals surface area contributed by atoms with E-state index in [0.29, 0.717) is 11.6 Å². The average molecular weight is 265 g/mol. The number of nitrogens with two attached hydrogens (primary N) is 1. The number of hydrogen-bond donors (Lipinski definition) is 2. The Bertz CT molecular complexity index is 754. The van der Waals surface area contributed by atoms with Crippen LogP contribution in [0.25, 0.3) is 10.9 Å². The van der Waals surface area contributed by atoms with E-state index in [9.17, 15) is 0 Å². The van der Waals surface area contributed by atoms with E-state index in [-0.39, 0.29) is 0 Å². The van der Waals surface area contributed by atoms with E-state index in [0.717, 1.165) is 28.8 Å². The van der Waals surface area contributed by atoms with Crippen molar-refractivity contribution in [3.05, 3.63) is 48.4 Å². The van der Waals surface area contributed by atoms with Gasteiger partial charge < -0.3 is 11.1 Å². The first kappa shape index (κ1) is 12.3. The second-order valence-electron chi connectivity index (χ2n) is 4.48. The van der Waals surface area contributed by atoms with Gasteiger partial charge in [0.05, 0.1) is 5.52 Å². The first-order chi connectivity index (χ1) is 9.74.